The number of methoxy groups -OCH3 is 1. The first-order valence-corrected chi connectivity index (χ1v) is 12.0. The number of carbonyl (C=O) groups excluding carboxylic acids is 1. The summed E-state index contributed by atoms with van der Waals surface area (Å²) in [6, 6.07) is 18.3. The largest absolute Gasteiger partial charge is 0.495 e. The van der Waals surface area contributed by atoms with E-state index in [0.29, 0.717) is 17.3 Å². The van der Waals surface area contributed by atoms with Gasteiger partial charge in [-0.05, 0) is 61.6 Å². The highest BCUT2D eigenvalue weighted by atomic mass is 35.5. The van der Waals surface area contributed by atoms with E-state index in [-0.39, 0.29) is 22.1 Å². The summed E-state index contributed by atoms with van der Waals surface area (Å²) in [4.78, 5) is 14.8. The molecule has 0 bridgehead atoms. The van der Waals surface area contributed by atoms with Crippen LogP contribution in [-0.4, -0.2) is 40.4 Å². The highest BCUT2D eigenvalue weighted by Gasteiger charge is 2.19. The number of ether oxygens (including phenoxy) is 1. The zero-order chi connectivity index (χ0) is 24.0. The van der Waals surface area contributed by atoms with E-state index < -0.39 is 10.0 Å². The van der Waals surface area contributed by atoms with Gasteiger partial charge in [0, 0.05) is 23.7 Å². The van der Waals surface area contributed by atoms with E-state index in [9.17, 15) is 13.2 Å². The van der Waals surface area contributed by atoms with Crippen molar-refractivity contribution in [3.8, 4) is 5.75 Å². The fourth-order valence-electron chi connectivity index (χ4n) is 3.27. The molecule has 3 aromatic carbocycles. The van der Waals surface area contributed by atoms with E-state index in [2.05, 4.69) is 14.9 Å². The second kappa shape index (κ2) is 10.7. The van der Waals surface area contributed by atoms with E-state index in [1.807, 2.05) is 38.4 Å². The van der Waals surface area contributed by atoms with Gasteiger partial charge in [0.05, 0.1) is 17.7 Å². The number of rotatable bonds is 9. The van der Waals surface area contributed by atoms with E-state index in [1.165, 1.54) is 31.4 Å². The highest BCUT2D eigenvalue weighted by Crippen LogP contribution is 2.30. The molecule has 0 fully saturated rings. The molecule has 0 atom stereocenters. The summed E-state index contributed by atoms with van der Waals surface area (Å²) in [5.74, 6) is -0.0414. The Kier molecular flexibility index (Phi) is 7.97. The number of hydrogen-bond acceptors (Lipinski definition) is 5. The number of nitrogens with one attached hydrogen (secondary N) is 2. The van der Waals surface area contributed by atoms with Crippen molar-refractivity contribution >= 4 is 33.2 Å². The van der Waals surface area contributed by atoms with Gasteiger partial charge in [0.15, 0.2) is 0 Å². The van der Waals surface area contributed by atoms with Crippen LogP contribution in [0.2, 0.25) is 5.02 Å². The predicted molar refractivity (Wildman–Crippen MR) is 130 cm³/mol. The van der Waals surface area contributed by atoms with E-state index in [1.54, 1.807) is 18.2 Å². The Morgan fingerprint density at radius 1 is 1.00 bits per heavy atom. The minimum atomic E-state index is -3.98. The van der Waals surface area contributed by atoms with E-state index in [4.69, 9.17) is 16.3 Å². The second-order valence-corrected chi connectivity index (χ2v) is 9.79. The van der Waals surface area contributed by atoms with Gasteiger partial charge in [-0.3, -0.25) is 9.52 Å². The van der Waals surface area contributed by atoms with Gasteiger partial charge in [-0.25, -0.2) is 8.42 Å². The van der Waals surface area contributed by atoms with Gasteiger partial charge < -0.3 is 15.0 Å². The molecule has 0 aromatic heterocycles. The summed E-state index contributed by atoms with van der Waals surface area (Å²) in [6.45, 7) is 1.08. The molecule has 7 nitrogen and oxygen atoms in total. The lowest BCUT2D eigenvalue weighted by molar-refractivity contribution is 0.0950. The molecule has 0 radical (unpaired) electrons. The van der Waals surface area contributed by atoms with Gasteiger partial charge in [-0.1, -0.05) is 41.9 Å². The Balaban J connectivity index is 1.77. The summed E-state index contributed by atoms with van der Waals surface area (Å²) in [5, 5.41) is 3.23. The van der Waals surface area contributed by atoms with Gasteiger partial charge in [0.1, 0.15) is 5.75 Å². The first-order valence-electron chi connectivity index (χ1n) is 10.2. The average molecular weight is 488 g/mol. The minimum Gasteiger partial charge on any atom is -0.495 e. The van der Waals surface area contributed by atoms with Gasteiger partial charge in [0.2, 0.25) is 0 Å². The monoisotopic (exact) mass is 487 g/mol. The van der Waals surface area contributed by atoms with Crippen molar-refractivity contribution in [3.05, 3.63) is 88.4 Å². The molecule has 0 aliphatic carbocycles. The number of sulfonamides is 1. The maximum absolute atomic E-state index is 12.9. The third-order valence-electron chi connectivity index (χ3n) is 4.86. The van der Waals surface area contributed by atoms with Crippen molar-refractivity contribution in [2.75, 3.05) is 25.9 Å². The van der Waals surface area contributed by atoms with Gasteiger partial charge in [-0.2, -0.15) is 0 Å². The van der Waals surface area contributed by atoms with Crippen molar-refractivity contribution in [2.45, 2.75) is 18.0 Å². The highest BCUT2D eigenvalue weighted by molar-refractivity contribution is 7.92. The number of amides is 1. The van der Waals surface area contributed by atoms with Crippen molar-refractivity contribution in [2.24, 2.45) is 0 Å². The smallest absolute Gasteiger partial charge is 0.262 e. The summed E-state index contributed by atoms with van der Waals surface area (Å²) in [7, 11) is 1.41. The SMILES string of the molecule is COc1ccc(Cl)cc1NS(=O)(=O)c1cccc(C(=O)NCc2ccccc2CN(C)C)c1. The molecule has 0 heterocycles. The molecule has 0 saturated heterocycles. The lowest BCUT2D eigenvalue weighted by Crippen LogP contribution is -2.24. The van der Waals surface area contributed by atoms with Crippen LogP contribution in [0.1, 0.15) is 21.5 Å². The number of anilines is 1. The van der Waals surface area contributed by atoms with Crippen LogP contribution in [0.25, 0.3) is 0 Å². The van der Waals surface area contributed by atoms with E-state index >= 15 is 0 Å². The first-order chi connectivity index (χ1) is 15.7. The van der Waals surface area contributed by atoms with Crippen LogP contribution >= 0.6 is 11.6 Å². The normalized spacial score (nSPS) is 11.3. The number of nitrogens with zero attached hydrogens (tertiary/aromatic N) is 1. The molecule has 0 spiro atoms. The maximum Gasteiger partial charge on any atom is 0.262 e. The molecule has 0 aliphatic rings. The molecular formula is C24H26ClN3O4S. The van der Waals surface area contributed by atoms with Gasteiger partial charge >= 0.3 is 0 Å². The lowest BCUT2D eigenvalue weighted by Gasteiger charge is -2.15. The molecule has 33 heavy (non-hydrogen) atoms. The Labute approximate surface area is 199 Å². The molecule has 0 aliphatic heterocycles. The number of carbonyl (C=O) groups is 1. The van der Waals surface area contributed by atoms with Gasteiger partial charge in [0.25, 0.3) is 15.9 Å². The molecule has 3 aromatic rings. The number of halogens is 1. The summed E-state index contributed by atoms with van der Waals surface area (Å²) in [6.07, 6.45) is 0. The fourth-order valence-corrected chi connectivity index (χ4v) is 4.55. The van der Waals surface area contributed by atoms with Crippen LogP contribution in [-0.2, 0) is 23.1 Å². The molecule has 1 amide bonds. The predicted octanol–water partition coefficient (Wildman–Crippen LogP) is 4.14. The van der Waals surface area contributed by atoms with Crippen molar-refractivity contribution in [3.63, 3.8) is 0 Å². The van der Waals surface area contributed by atoms with Crippen molar-refractivity contribution < 1.29 is 17.9 Å². The lowest BCUT2D eigenvalue weighted by atomic mass is 10.1. The molecule has 174 valence electrons. The Bertz CT molecular complexity index is 1250. The average Bonchev–Trinajstić information content (AvgIpc) is 2.78. The topological polar surface area (TPSA) is 87.7 Å². The van der Waals surface area contributed by atoms with Crippen LogP contribution in [0.15, 0.2) is 71.6 Å². The van der Waals surface area contributed by atoms with Crippen LogP contribution in [0.4, 0.5) is 5.69 Å². The molecule has 2 N–H and O–H groups in total. The molecule has 3 rings (SSSR count). The molecule has 0 unspecified atom stereocenters. The van der Waals surface area contributed by atoms with Crippen LogP contribution < -0.4 is 14.8 Å². The van der Waals surface area contributed by atoms with Crippen LogP contribution in [0.5, 0.6) is 5.75 Å². The fraction of sp³-hybridized carbons (Fsp3) is 0.208. The summed E-state index contributed by atoms with van der Waals surface area (Å²) >= 11 is 5.99. The Morgan fingerprint density at radius 2 is 1.73 bits per heavy atom. The van der Waals surface area contributed by atoms with E-state index in [0.717, 1.165) is 17.7 Å². The van der Waals surface area contributed by atoms with Crippen LogP contribution in [0.3, 0.4) is 0 Å². The van der Waals surface area contributed by atoms with Crippen molar-refractivity contribution in [1.29, 1.82) is 0 Å². The zero-order valence-corrected chi connectivity index (χ0v) is 20.2. The van der Waals surface area contributed by atoms with Crippen molar-refractivity contribution in [1.82, 2.24) is 10.2 Å². The molecule has 0 saturated carbocycles. The maximum atomic E-state index is 12.9. The standard InChI is InChI=1S/C24H26ClN3O4S/c1-28(2)16-19-8-5-4-7-18(19)15-26-24(29)17-9-6-10-21(13-17)33(30,31)27-22-14-20(25)11-12-23(22)32-3/h4-14,27H,15-16H2,1-3H3,(H,26,29). The Morgan fingerprint density at radius 3 is 2.42 bits per heavy atom. The zero-order valence-electron chi connectivity index (χ0n) is 18.6. The first kappa shape index (κ1) is 24.6. The Hall–Kier alpha value is -3.07. The molecule has 9 heteroatoms. The summed E-state index contributed by atoms with van der Waals surface area (Å²) in [5.41, 5.74) is 2.55. The summed E-state index contributed by atoms with van der Waals surface area (Å²) < 4.78 is 33.5. The van der Waals surface area contributed by atoms with Crippen LogP contribution in [0, 0.1) is 0 Å². The quantitative estimate of drug-likeness (QED) is 0.473. The van der Waals surface area contributed by atoms with Gasteiger partial charge in [-0.15, -0.1) is 0 Å². The number of hydrogen-bond donors (Lipinski definition) is 2. The minimum absolute atomic E-state index is 0.0508. The molecular weight excluding hydrogens is 462 g/mol. The second-order valence-electron chi connectivity index (χ2n) is 7.67. The third-order valence-corrected chi connectivity index (χ3v) is 6.46. The number of benzene rings is 3. The third kappa shape index (κ3) is 6.47.